The highest BCUT2D eigenvalue weighted by atomic mass is 16.5. The van der Waals surface area contributed by atoms with Gasteiger partial charge in [-0.3, -0.25) is 4.79 Å². The van der Waals surface area contributed by atoms with E-state index in [-0.39, 0.29) is 11.9 Å². The van der Waals surface area contributed by atoms with Crippen LogP contribution in [0.1, 0.15) is 30.0 Å². The van der Waals surface area contributed by atoms with E-state index in [0.717, 1.165) is 18.7 Å². The van der Waals surface area contributed by atoms with Crippen molar-refractivity contribution in [1.29, 1.82) is 0 Å². The maximum Gasteiger partial charge on any atom is 0.240 e. The summed E-state index contributed by atoms with van der Waals surface area (Å²) in [4.78, 5) is 14.9. The van der Waals surface area contributed by atoms with Gasteiger partial charge in [0.15, 0.2) is 0 Å². The third-order valence-electron chi connectivity index (χ3n) is 5.20. The summed E-state index contributed by atoms with van der Waals surface area (Å²) in [6.07, 6.45) is 3.39. The Bertz CT molecular complexity index is 753. The van der Waals surface area contributed by atoms with Gasteiger partial charge in [0.2, 0.25) is 5.91 Å². The average Bonchev–Trinajstić information content (AvgIpc) is 3.42. The number of benzene rings is 2. The summed E-state index contributed by atoms with van der Waals surface area (Å²) in [5.41, 5.74) is 3.70. The van der Waals surface area contributed by atoms with Gasteiger partial charge in [0, 0.05) is 12.2 Å². The van der Waals surface area contributed by atoms with Crippen LogP contribution in [-0.2, 0) is 11.2 Å². The molecule has 1 atom stereocenters. The summed E-state index contributed by atoms with van der Waals surface area (Å²) in [6, 6.07) is 16.5. The highest BCUT2D eigenvalue weighted by Gasteiger charge is 2.34. The van der Waals surface area contributed by atoms with Crippen molar-refractivity contribution >= 4 is 11.6 Å². The lowest BCUT2D eigenvalue weighted by Crippen LogP contribution is -2.39. The molecule has 2 aromatic rings. The van der Waals surface area contributed by atoms with E-state index in [0.29, 0.717) is 12.5 Å². The molecule has 0 spiro atoms. The van der Waals surface area contributed by atoms with Crippen LogP contribution in [0.2, 0.25) is 0 Å². The zero-order valence-corrected chi connectivity index (χ0v) is 14.6. The number of methoxy groups -OCH3 is 1. The minimum atomic E-state index is 0.101. The molecule has 0 radical (unpaired) electrons. The van der Waals surface area contributed by atoms with Gasteiger partial charge in [0.25, 0.3) is 0 Å². The number of nitrogens with zero attached hydrogens (tertiary/aromatic N) is 1. The largest absolute Gasteiger partial charge is 0.497 e. The fourth-order valence-electron chi connectivity index (χ4n) is 3.68. The van der Waals surface area contributed by atoms with Gasteiger partial charge in [-0.1, -0.05) is 30.3 Å². The lowest BCUT2D eigenvalue weighted by molar-refractivity contribution is -0.120. The molecule has 4 heteroatoms. The predicted molar refractivity (Wildman–Crippen MR) is 99.0 cm³/mol. The van der Waals surface area contributed by atoms with E-state index in [2.05, 4.69) is 40.5 Å². The molecule has 1 N–H and O–H groups in total. The van der Waals surface area contributed by atoms with E-state index in [9.17, 15) is 4.79 Å². The van der Waals surface area contributed by atoms with Crippen LogP contribution in [0.3, 0.4) is 0 Å². The Morgan fingerprint density at radius 3 is 2.68 bits per heavy atom. The maximum absolute atomic E-state index is 12.7. The van der Waals surface area contributed by atoms with Crippen LogP contribution in [-0.4, -0.2) is 26.1 Å². The molecule has 2 aromatic carbocycles. The molecule has 4 nitrogen and oxygen atoms in total. The Hall–Kier alpha value is -2.49. The number of anilines is 1. The van der Waals surface area contributed by atoms with Crippen molar-refractivity contribution in [3.8, 4) is 5.75 Å². The van der Waals surface area contributed by atoms with Gasteiger partial charge in [-0.15, -0.1) is 0 Å². The van der Waals surface area contributed by atoms with Gasteiger partial charge in [0.1, 0.15) is 5.75 Å². The first-order valence-electron chi connectivity index (χ1n) is 9.01. The highest BCUT2D eigenvalue weighted by molar-refractivity contribution is 5.82. The first-order chi connectivity index (χ1) is 12.2. The van der Waals surface area contributed by atoms with E-state index < -0.39 is 0 Å². The Morgan fingerprint density at radius 2 is 1.96 bits per heavy atom. The molecule has 1 fully saturated rings. The first kappa shape index (κ1) is 16.0. The maximum atomic E-state index is 12.7. The molecule has 1 unspecified atom stereocenters. The number of fused-ring (bicyclic) bond motifs is 1. The number of nitrogens with one attached hydrogen (secondary N) is 1. The van der Waals surface area contributed by atoms with E-state index >= 15 is 0 Å². The van der Waals surface area contributed by atoms with Crippen LogP contribution < -0.4 is 15.0 Å². The van der Waals surface area contributed by atoms with Crippen LogP contribution in [0.15, 0.2) is 48.5 Å². The summed E-state index contributed by atoms with van der Waals surface area (Å²) < 4.78 is 5.23. The number of carbonyl (C=O) groups is 1. The van der Waals surface area contributed by atoms with Gasteiger partial charge in [-0.25, -0.2) is 0 Å². The Morgan fingerprint density at radius 1 is 1.20 bits per heavy atom. The van der Waals surface area contributed by atoms with Crippen LogP contribution in [0, 0.1) is 5.92 Å². The van der Waals surface area contributed by atoms with Crippen molar-refractivity contribution in [3.05, 3.63) is 59.7 Å². The first-order valence-corrected chi connectivity index (χ1v) is 9.01. The van der Waals surface area contributed by atoms with Gasteiger partial charge in [-0.2, -0.15) is 0 Å². The van der Waals surface area contributed by atoms with E-state index in [1.165, 1.54) is 29.7 Å². The topological polar surface area (TPSA) is 41.6 Å². The zero-order valence-electron chi connectivity index (χ0n) is 14.6. The number of hydrogen-bond acceptors (Lipinski definition) is 3. The predicted octanol–water partition coefficient (Wildman–Crippen LogP) is 3.33. The lowest BCUT2D eigenvalue weighted by Gasteiger charge is -2.23. The highest BCUT2D eigenvalue weighted by Crippen LogP contribution is 2.41. The number of amides is 1. The Balaban J connectivity index is 1.43. The summed E-state index contributed by atoms with van der Waals surface area (Å²) in [7, 11) is 1.67. The van der Waals surface area contributed by atoms with Crippen molar-refractivity contribution in [1.82, 2.24) is 5.32 Å². The zero-order chi connectivity index (χ0) is 17.2. The van der Waals surface area contributed by atoms with Crippen LogP contribution in [0.4, 0.5) is 5.69 Å². The smallest absolute Gasteiger partial charge is 0.240 e. The van der Waals surface area contributed by atoms with Crippen LogP contribution >= 0.6 is 0 Å². The normalized spacial score (nSPS) is 17.1. The second-order valence-electron chi connectivity index (χ2n) is 6.96. The number of carbonyl (C=O) groups excluding carboxylic acids is 1. The summed E-state index contributed by atoms with van der Waals surface area (Å²) in [5.74, 6) is 1.51. The number of rotatable bonds is 6. The van der Waals surface area contributed by atoms with Crippen LogP contribution in [0.5, 0.6) is 5.75 Å². The average molecular weight is 336 g/mol. The molecule has 1 amide bonds. The summed E-state index contributed by atoms with van der Waals surface area (Å²) in [5, 5.41) is 3.27. The lowest BCUT2D eigenvalue weighted by atomic mass is 10.0. The van der Waals surface area contributed by atoms with E-state index in [4.69, 9.17) is 4.74 Å². The van der Waals surface area contributed by atoms with Gasteiger partial charge >= 0.3 is 0 Å². The quantitative estimate of drug-likeness (QED) is 0.880. The fraction of sp³-hybridized carbons (Fsp3) is 0.381. The van der Waals surface area contributed by atoms with Crippen molar-refractivity contribution in [2.45, 2.75) is 25.3 Å². The minimum absolute atomic E-state index is 0.101. The summed E-state index contributed by atoms with van der Waals surface area (Å²) in [6.45, 7) is 1.35. The van der Waals surface area contributed by atoms with Gasteiger partial charge in [0.05, 0.1) is 19.7 Å². The van der Waals surface area contributed by atoms with Crippen molar-refractivity contribution in [2.75, 3.05) is 25.1 Å². The molecular weight excluding hydrogens is 312 g/mol. The molecule has 4 rings (SSSR count). The molecule has 0 bridgehead atoms. The molecule has 0 saturated heterocycles. The number of ether oxygens (including phenoxy) is 1. The van der Waals surface area contributed by atoms with E-state index in [1.807, 2.05) is 18.2 Å². The molecule has 130 valence electrons. The molecule has 2 aliphatic rings. The molecule has 25 heavy (non-hydrogen) atoms. The molecule has 0 aromatic heterocycles. The van der Waals surface area contributed by atoms with Crippen molar-refractivity contribution < 1.29 is 9.53 Å². The Kier molecular flexibility index (Phi) is 4.35. The van der Waals surface area contributed by atoms with Crippen LogP contribution in [0.25, 0.3) is 0 Å². The molecular formula is C21H24N2O2. The number of hydrogen-bond donors (Lipinski definition) is 1. The SMILES string of the molecule is COc1ccc(C(NC(=O)CN2CCc3ccccc32)C2CC2)cc1. The second-order valence-corrected chi connectivity index (χ2v) is 6.96. The molecule has 1 heterocycles. The molecule has 1 aliphatic heterocycles. The second kappa shape index (κ2) is 6.79. The van der Waals surface area contributed by atoms with Gasteiger partial charge < -0.3 is 15.0 Å². The van der Waals surface area contributed by atoms with Crippen molar-refractivity contribution in [2.24, 2.45) is 5.92 Å². The van der Waals surface area contributed by atoms with E-state index in [1.54, 1.807) is 7.11 Å². The van der Waals surface area contributed by atoms with Crippen molar-refractivity contribution in [3.63, 3.8) is 0 Å². The fourth-order valence-corrected chi connectivity index (χ4v) is 3.68. The standard InChI is InChI=1S/C21H24N2O2/c1-25-18-10-8-17(9-11-18)21(16-6-7-16)22-20(24)14-23-13-12-15-4-2-3-5-19(15)23/h2-5,8-11,16,21H,6-7,12-14H2,1H3,(H,22,24). The third-order valence-corrected chi connectivity index (χ3v) is 5.20. The monoisotopic (exact) mass is 336 g/mol. The Labute approximate surface area is 148 Å². The number of para-hydroxylation sites is 1. The van der Waals surface area contributed by atoms with Gasteiger partial charge in [-0.05, 0) is 54.5 Å². The molecule has 1 saturated carbocycles. The molecule has 1 aliphatic carbocycles. The minimum Gasteiger partial charge on any atom is -0.497 e. The third kappa shape index (κ3) is 3.48. The summed E-state index contributed by atoms with van der Waals surface area (Å²) >= 11 is 0.